The Kier molecular flexibility index (Phi) is 2.72. The second-order valence-electron chi connectivity index (χ2n) is 3.33. The first-order valence-corrected chi connectivity index (χ1v) is 4.17. The number of nitrogens with zero attached hydrogens (tertiary/aromatic N) is 1. The smallest absolute Gasteiger partial charge is 0.249 e. The van der Waals surface area contributed by atoms with Crippen LogP contribution in [0.25, 0.3) is 0 Å². The minimum Gasteiger partial charge on any atom is -0.385 e. The van der Waals surface area contributed by atoms with Gasteiger partial charge in [0.2, 0.25) is 5.56 Å². The first-order chi connectivity index (χ1) is 6.02. The molecule has 13 heavy (non-hydrogen) atoms. The lowest BCUT2D eigenvalue weighted by Crippen LogP contribution is -2.20. The van der Waals surface area contributed by atoms with Crippen LogP contribution in [0.3, 0.4) is 0 Å². The molecule has 0 radical (unpaired) electrons. The van der Waals surface area contributed by atoms with Crippen molar-refractivity contribution in [3.63, 3.8) is 0 Å². The summed E-state index contributed by atoms with van der Waals surface area (Å²) >= 11 is 0. The molecule has 4 heteroatoms. The fraction of sp³-hybridized carbons (Fsp3) is 0.444. The maximum Gasteiger partial charge on any atom is 0.249 e. The van der Waals surface area contributed by atoms with Gasteiger partial charge < -0.3 is 15.6 Å². The highest BCUT2D eigenvalue weighted by molar-refractivity contribution is 5.40. The maximum absolute atomic E-state index is 10.9. The molecule has 0 fully saturated rings. The van der Waals surface area contributed by atoms with Crippen molar-refractivity contribution >= 4 is 5.82 Å². The number of aromatic nitrogens is 1. The van der Waals surface area contributed by atoms with E-state index in [1.54, 1.807) is 6.07 Å². The quantitative estimate of drug-likeness (QED) is 0.701. The topological polar surface area (TPSA) is 62.1 Å². The third kappa shape index (κ3) is 2.09. The lowest BCUT2D eigenvalue weighted by Gasteiger charge is -2.20. The molecule has 0 aliphatic heterocycles. The molecule has 0 saturated carbocycles. The standard InChI is InChI=1S/C9H15N3O/c1-6(12(2)3)7-4-5-8(13)11-9(7)10/h4-6H,1-3H3,(H3,10,11,13). The van der Waals surface area contributed by atoms with Gasteiger partial charge in [-0.3, -0.25) is 4.79 Å². The summed E-state index contributed by atoms with van der Waals surface area (Å²) in [5, 5.41) is 0. The zero-order valence-electron chi connectivity index (χ0n) is 8.16. The predicted molar refractivity (Wildman–Crippen MR) is 53.6 cm³/mol. The van der Waals surface area contributed by atoms with Crippen LogP contribution in [0.4, 0.5) is 5.82 Å². The van der Waals surface area contributed by atoms with Gasteiger partial charge in [0.1, 0.15) is 5.82 Å². The molecule has 0 amide bonds. The van der Waals surface area contributed by atoms with Crippen LogP contribution in [-0.2, 0) is 0 Å². The average molecular weight is 181 g/mol. The Balaban J connectivity index is 3.08. The molecule has 0 spiro atoms. The lowest BCUT2D eigenvalue weighted by molar-refractivity contribution is 0.321. The Morgan fingerprint density at radius 3 is 2.54 bits per heavy atom. The third-order valence-electron chi connectivity index (χ3n) is 2.21. The molecule has 1 atom stereocenters. The van der Waals surface area contributed by atoms with Crippen LogP contribution >= 0.6 is 0 Å². The summed E-state index contributed by atoms with van der Waals surface area (Å²) < 4.78 is 0. The highest BCUT2D eigenvalue weighted by Gasteiger charge is 2.10. The van der Waals surface area contributed by atoms with Gasteiger partial charge in [-0.25, -0.2) is 0 Å². The van der Waals surface area contributed by atoms with Crippen molar-refractivity contribution in [3.05, 3.63) is 28.0 Å². The summed E-state index contributed by atoms with van der Waals surface area (Å²) in [6.45, 7) is 2.03. The van der Waals surface area contributed by atoms with Gasteiger partial charge in [-0.1, -0.05) is 0 Å². The van der Waals surface area contributed by atoms with Gasteiger partial charge in [0, 0.05) is 17.7 Å². The van der Waals surface area contributed by atoms with E-state index in [0.717, 1.165) is 5.56 Å². The molecule has 3 N–H and O–H groups in total. The summed E-state index contributed by atoms with van der Waals surface area (Å²) in [7, 11) is 3.93. The van der Waals surface area contributed by atoms with Gasteiger partial charge in [-0.2, -0.15) is 0 Å². The molecule has 0 aromatic carbocycles. The van der Waals surface area contributed by atoms with Crippen LogP contribution in [0.15, 0.2) is 16.9 Å². The van der Waals surface area contributed by atoms with Gasteiger partial charge in [0.15, 0.2) is 0 Å². The van der Waals surface area contributed by atoms with Gasteiger partial charge in [0.25, 0.3) is 0 Å². The Morgan fingerprint density at radius 2 is 2.08 bits per heavy atom. The normalized spacial score (nSPS) is 13.2. The van der Waals surface area contributed by atoms with E-state index in [9.17, 15) is 4.79 Å². The number of anilines is 1. The number of H-pyrrole nitrogens is 1. The largest absolute Gasteiger partial charge is 0.385 e. The van der Waals surface area contributed by atoms with Crippen molar-refractivity contribution in [2.45, 2.75) is 13.0 Å². The van der Waals surface area contributed by atoms with E-state index >= 15 is 0 Å². The van der Waals surface area contributed by atoms with Crippen LogP contribution in [0.5, 0.6) is 0 Å². The fourth-order valence-corrected chi connectivity index (χ4v) is 1.14. The lowest BCUT2D eigenvalue weighted by atomic mass is 10.1. The Hall–Kier alpha value is -1.29. The number of nitrogens with one attached hydrogen (secondary N) is 1. The number of hydrogen-bond donors (Lipinski definition) is 2. The molecular formula is C9H15N3O. The first kappa shape index (κ1) is 9.80. The first-order valence-electron chi connectivity index (χ1n) is 4.17. The molecular weight excluding hydrogens is 166 g/mol. The van der Waals surface area contributed by atoms with Crippen LogP contribution in [0.2, 0.25) is 0 Å². The molecule has 4 nitrogen and oxygen atoms in total. The number of rotatable bonds is 2. The molecule has 0 aliphatic rings. The summed E-state index contributed by atoms with van der Waals surface area (Å²) in [5.74, 6) is 0.453. The predicted octanol–water partition coefficient (Wildman–Crippen LogP) is 0.580. The van der Waals surface area contributed by atoms with Crippen molar-refractivity contribution in [2.24, 2.45) is 0 Å². The molecule has 1 rings (SSSR count). The minimum absolute atomic E-state index is 0.160. The zero-order valence-corrected chi connectivity index (χ0v) is 8.16. The van der Waals surface area contributed by atoms with Gasteiger partial charge in [-0.05, 0) is 27.1 Å². The molecule has 1 unspecified atom stereocenters. The number of aromatic amines is 1. The molecule has 72 valence electrons. The molecule has 0 bridgehead atoms. The summed E-state index contributed by atoms with van der Waals surface area (Å²) in [4.78, 5) is 15.5. The van der Waals surface area contributed by atoms with Crippen LogP contribution in [-0.4, -0.2) is 24.0 Å². The monoisotopic (exact) mass is 181 g/mol. The van der Waals surface area contributed by atoms with Gasteiger partial charge >= 0.3 is 0 Å². The van der Waals surface area contributed by atoms with E-state index in [1.807, 2.05) is 25.9 Å². The minimum atomic E-state index is -0.160. The molecule has 1 aromatic heterocycles. The summed E-state index contributed by atoms with van der Waals surface area (Å²) in [6.07, 6.45) is 0. The van der Waals surface area contributed by atoms with E-state index in [-0.39, 0.29) is 11.6 Å². The van der Waals surface area contributed by atoms with Gasteiger partial charge in [-0.15, -0.1) is 0 Å². The number of nitrogens with two attached hydrogens (primary N) is 1. The molecule has 1 heterocycles. The van der Waals surface area contributed by atoms with E-state index in [4.69, 9.17) is 5.73 Å². The van der Waals surface area contributed by atoms with Gasteiger partial charge in [0.05, 0.1) is 0 Å². The van der Waals surface area contributed by atoms with E-state index in [2.05, 4.69) is 4.98 Å². The Labute approximate surface area is 77.4 Å². The van der Waals surface area contributed by atoms with E-state index in [0.29, 0.717) is 5.82 Å². The van der Waals surface area contributed by atoms with E-state index in [1.165, 1.54) is 6.07 Å². The number of hydrogen-bond acceptors (Lipinski definition) is 3. The summed E-state index contributed by atoms with van der Waals surface area (Å²) in [6, 6.07) is 3.46. The van der Waals surface area contributed by atoms with Crippen molar-refractivity contribution in [1.29, 1.82) is 0 Å². The van der Waals surface area contributed by atoms with Crippen molar-refractivity contribution < 1.29 is 0 Å². The number of pyridine rings is 1. The summed E-state index contributed by atoms with van der Waals surface area (Å²) in [5.41, 5.74) is 6.47. The van der Waals surface area contributed by atoms with Crippen LogP contribution in [0.1, 0.15) is 18.5 Å². The fourth-order valence-electron chi connectivity index (χ4n) is 1.14. The highest BCUT2D eigenvalue weighted by Crippen LogP contribution is 2.19. The highest BCUT2D eigenvalue weighted by atomic mass is 16.1. The Bertz CT molecular complexity index is 343. The third-order valence-corrected chi connectivity index (χ3v) is 2.21. The second-order valence-corrected chi connectivity index (χ2v) is 3.33. The van der Waals surface area contributed by atoms with Crippen molar-refractivity contribution in [1.82, 2.24) is 9.88 Å². The molecule has 0 aliphatic carbocycles. The zero-order chi connectivity index (χ0) is 10.0. The molecule has 1 aromatic rings. The average Bonchev–Trinajstić information content (AvgIpc) is 2.03. The maximum atomic E-state index is 10.9. The van der Waals surface area contributed by atoms with Crippen molar-refractivity contribution in [3.8, 4) is 0 Å². The SMILES string of the molecule is CC(c1ccc(=O)[nH]c1N)N(C)C. The van der Waals surface area contributed by atoms with Crippen LogP contribution < -0.4 is 11.3 Å². The van der Waals surface area contributed by atoms with Crippen molar-refractivity contribution in [2.75, 3.05) is 19.8 Å². The number of nitrogen functional groups attached to an aromatic ring is 1. The van der Waals surface area contributed by atoms with E-state index < -0.39 is 0 Å². The Morgan fingerprint density at radius 1 is 1.46 bits per heavy atom. The van der Waals surface area contributed by atoms with Crippen LogP contribution in [0, 0.1) is 0 Å². The second kappa shape index (κ2) is 3.62. The molecule has 0 saturated heterocycles.